The highest BCUT2D eigenvalue weighted by Crippen LogP contribution is 2.36. The minimum Gasteiger partial charge on any atom is -0.444 e. The van der Waals surface area contributed by atoms with Crippen LogP contribution in [0.15, 0.2) is 0 Å². The first kappa shape index (κ1) is 14.6. The summed E-state index contributed by atoms with van der Waals surface area (Å²) in [7, 11) is 0. The average molecular weight is 268 g/mol. The Labute approximate surface area is 116 Å². The van der Waals surface area contributed by atoms with Crippen molar-refractivity contribution in [3.05, 3.63) is 0 Å². The molecule has 2 atom stereocenters. The molecule has 19 heavy (non-hydrogen) atoms. The first-order valence-corrected chi connectivity index (χ1v) is 7.58. The fourth-order valence-corrected chi connectivity index (χ4v) is 2.44. The standard InChI is InChI=1S/C15H28N2O2/c1-10(11-5-6-11)17-13(12-7-8-12)9-16-14(18)19-15(2,3)4/h10-13,17H,5-9H2,1-4H3,(H,16,18). The lowest BCUT2D eigenvalue weighted by atomic mass is 10.1. The van der Waals surface area contributed by atoms with Crippen LogP contribution in [0.1, 0.15) is 53.4 Å². The van der Waals surface area contributed by atoms with Gasteiger partial charge in [-0.15, -0.1) is 0 Å². The van der Waals surface area contributed by atoms with Crippen LogP contribution in [0.25, 0.3) is 0 Å². The summed E-state index contributed by atoms with van der Waals surface area (Å²) < 4.78 is 5.28. The Balaban J connectivity index is 1.72. The number of carbonyl (C=O) groups is 1. The molecule has 0 heterocycles. The quantitative estimate of drug-likeness (QED) is 0.778. The number of hydrogen-bond acceptors (Lipinski definition) is 3. The lowest BCUT2D eigenvalue weighted by molar-refractivity contribution is 0.0520. The van der Waals surface area contributed by atoms with Gasteiger partial charge in [-0.25, -0.2) is 4.79 Å². The summed E-state index contributed by atoms with van der Waals surface area (Å²) in [6, 6.07) is 0.981. The number of hydrogen-bond donors (Lipinski definition) is 2. The second-order valence-electron chi connectivity index (χ2n) is 7.12. The van der Waals surface area contributed by atoms with Gasteiger partial charge < -0.3 is 15.4 Å². The Hall–Kier alpha value is -0.770. The van der Waals surface area contributed by atoms with Gasteiger partial charge in [-0.1, -0.05) is 0 Å². The molecule has 0 bridgehead atoms. The molecular weight excluding hydrogens is 240 g/mol. The number of carbonyl (C=O) groups excluding carboxylic acids is 1. The van der Waals surface area contributed by atoms with Gasteiger partial charge >= 0.3 is 6.09 Å². The van der Waals surface area contributed by atoms with Crippen LogP contribution in [-0.4, -0.2) is 30.3 Å². The Morgan fingerprint density at radius 3 is 2.26 bits per heavy atom. The van der Waals surface area contributed by atoms with E-state index in [-0.39, 0.29) is 6.09 Å². The van der Waals surface area contributed by atoms with Crippen LogP contribution in [0.3, 0.4) is 0 Å². The summed E-state index contributed by atoms with van der Waals surface area (Å²) >= 11 is 0. The van der Waals surface area contributed by atoms with Crippen LogP contribution >= 0.6 is 0 Å². The molecule has 2 aliphatic rings. The predicted molar refractivity (Wildman–Crippen MR) is 76.1 cm³/mol. The SMILES string of the molecule is CC(NC(CNC(=O)OC(C)(C)C)C1CC1)C1CC1. The molecular formula is C15H28N2O2. The highest BCUT2D eigenvalue weighted by Gasteiger charge is 2.35. The molecule has 0 aromatic carbocycles. The second kappa shape index (κ2) is 5.70. The van der Waals surface area contributed by atoms with Crippen molar-refractivity contribution >= 4 is 6.09 Å². The van der Waals surface area contributed by atoms with Crippen molar-refractivity contribution in [2.24, 2.45) is 11.8 Å². The van der Waals surface area contributed by atoms with Gasteiger partial charge in [0.2, 0.25) is 0 Å². The zero-order valence-electron chi connectivity index (χ0n) is 12.7. The highest BCUT2D eigenvalue weighted by molar-refractivity contribution is 5.67. The molecule has 0 aromatic rings. The van der Waals surface area contributed by atoms with E-state index in [4.69, 9.17) is 4.74 Å². The summed E-state index contributed by atoms with van der Waals surface area (Å²) in [5.74, 6) is 1.58. The third kappa shape index (κ3) is 5.39. The first-order chi connectivity index (χ1) is 8.85. The van der Waals surface area contributed by atoms with Crippen molar-refractivity contribution in [3.63, 3.8) is 0 Å². The minimum absolute atomic E-state index is 0.306. The van der Waals surface area contributed by atoms with E-state index < -0.39 is 5.60 Å². The van der Waals surface area contributed by atoms with Gasteiger partial charge in [-0.05, 0) is 65.2 Å². The maximum absolute atomic E-state index is 11.7. The fraction of sp³-hybridized carbons (Fsp3) is 0.933. The fourth-order valence-electron chi connectivity index (χ4n) is 2.44. The van der Waals surface area contributed by atoms with Crippen LogP contribution in [0, 0.1) is 11.8 Å². The van der Waals surface area contributed by atoms with E-state index in [9.17, 15) is 4.79 Å². The number of amides is 1. The van der Waals surface area contributed by atoms with Crippen molar-refractivity contribution in [1.29, 1.82) is 0 Å². The average Bonchev–Trinajstić information content (AvgIpc) is 3.15. The van der Waals surface area contributed by atoms with Crippen molar-refractivity contribution in [3.8, 4) is 0 Å². The van der Waals surface area contributed by atoms with Gasteiger partial charge in [-0.3, -0.25) is 0 Å². The van der Waals surface area contributed by atoms with Gasteiger partial charge in [0.25, 0.3) is 0 Å². The molecule has 0 radical (unpaired) electrons. The Kier molecular flexibility index (Phi) is 4.39. The third-order valence-corrected chi connectivity index (χ3v) is 3.86. The molecule has 0 aromatic heterocycles. The van der Waals surface area contributed by atoms with E-state index in [1.165, 1.54) is 25.7 Å². The van der Waals surface area contributed by atoms with Gasteiger partial charge in [0.05, 0.1) is 0 Å². The molecule has 2 unspecified atom stereocenters. The molecule has 1 amide bonds. The van der Waals surface area contributed by atoms with Gasteiger partial charge in [0.1, 0.15) is 5.60 Å². The molecule has 2 N–H and O–H groups in total. The number of rotatable bonds is 6. The molecule has 2 fully saturated rings. The van der Waals surface area contributed by atoms with Crippen molar-refractivity contribution in [2.75, 3.05) is 6.54 Å². The van der Waals surface area contributed by atoms with Gasteiger partial charge in [0, 0.05) is 18.6 Å². The zero-order chi connectivity index (χ0) is 14.0. The van der Waals surface area contributed by atoms with E-state index in [0.717, 1.165) is 11.8 Å². The zero-order valence-corrected chi connectivity index (χ0v) is 12.7. The predicted octanol–water partition coefficient (Wildman–Crippen LogP) is 2.68. The van der Waals surface area contributed by atoms with Crippen LogP contribution in [0.5, 0.6) is 0 Å². The second-order valence-corrected chi connectivity index (χ2v) is 7.12. The summed E-state index contributed by atoms with van der Waals surface area (Å²) in [5, 5.41) is 6.59. The number of nitrogens with one attached hydrogen (secondary N) is 2. The van der Waals surface area contributed by atoms with Crippen LogP contribution in [0.4, 0.5) is 4.79 Å². The normalized spacial score (nSPS) is 22.7. The monoisotopic (exact) mass is 268 g/mol. The molecule has 0 aliphatic heterocycles. The topological polar surface area (TPSA) is 50.4 Å². The molecule has 2 aliphatic carbocycles. The van der Waals surface area contributed by atoms with Crippen molar-refractivity contribution < 1.29 is 9.53 Å². The van der Waals surface area contributed by atoms with E-state index >= 15 is 0 Å². The first-order valence-electron chi connectivity index (χ1n) is 7.58. The minimum atomic E-state index is -0.423. The van der Waals surface area contributed by atoms with Gasteiger partial charge in [0.15, 0.2) is 0 Å². The molecule has 110 valence electrons. The maximum atomic E-state index is 11.7. The Bertz CT molecular complexity index is 317. The van der Waals surface area contributed by atoms with E-state index in [1.807, 2.05) is 20.8 Å². The Morgan fingerprint density at radius 1 is 1.21 bits per heavy atom. The molecule has 4 nitrogen and oxygen atoms in total. The molecule has 2 saturated carbocycles. The number of ether oxygens (including phenoxy) is 1. The van der Waals surface area contributed by atoms with Crippen molar-refractivity contribution in [2.45, 2.75) is 71.1 Å². The van der Waals surface area contributed by atoms with Crippen LogP contribution in [-0.2, 0) is 4.74 Å². The largest absolute Gasteiger partial charge is 0.444 e. The summed E-state index contributed by atoms with van der Waals surface area (Å²) in [5.41, 5.74) is -0.423. The highest BCUT2D eigenvalue weighted by atomic mass is 16.6. The summed E-state index contributed by atoms with van der Waals surface area (Å²) in [6.07, 6.45) is 4.96. The molecule has 2 rings (SSSR count). The molecule has 0 saturated heterocycles. The van der Waals surface area contributed by atoms with Crippen LogP contribution < -0.4 is 10.6 Å². The van der Waals surface area contributed by atoms with E-state index in [2.05, 4.69) is 17.6 Å². The lowest BCUT2D eigenvalue weighted by Gasteiger charge is -2.25. The van der Waals surface area contributed by atoms with Crippen LogP contribution in [0.2, 0.25) is 0 Å². The smallest absolute Gasteiger partial charge is 0.407 e. The Morgan fingerprint density at radius 2 is 1.79 bits per heavy atom. The maximum Gasteiger partial charge on any atom is 0.407 e. The van der Waals surface area contributed by atoms with E-state index in [0.29, 0.717) is 18.6 Å². The summed E-state index contributed by atoms with van der Waals surface area (Å²) in [4.78, 5) is 11.7. The van der Waals surface area contributed by atoms with E-state index in [1.54, 1.807) is 0 Å². The third-order valence-electron chi connectivity index (χ3n) is 3.86. The lowest BCUT2D eigenvalue weighted by Crippen LogP contribution is -2.47. The van der Waals surface area contributed by atoms with Crippen molar-refractivity contribution in [1.82, 2.24) is 10.6 Å². The number of alkyl carbamates (subject to hydrolysis) is 1. The molecule has 0 spiro atoms. The van der Waals surface area contributed by atoms with Gasteiger partial charge in [-0.2, -0.15) is 0 Å². The molecule has 4 heteroatoms. The summed E-state index contributed by atoms with van der Waals surface area (Å²) in [6.45, 7) is 8.60.